The molecule has 5 heteroatoms. The molecular weight excluding hydrogens is 326 g/mol. The van der Waals surface area contributed by atoms with Crippen LogP contribution in [0.2, 0.25) is 0 Å². The summed E-state index contributed by atoms with van der Waals surface area (Å²) < 4.78 is 5.83. The van der Waals surface area contributed by atoms with Crippen LogP contribution >= 0.6 is 0 Å². The van der Waals surface area contributed by atoms with Gasteiger partial charge in [0.25, 0.3) is 0 Å². The fourth-order valence-corrected chi connectivity index (χ4v) is 3.12. The van der Waals surface area contributed by atoms with Crippen molar-refractivity contribution in [1.29, 1.82) is 0 Å². The number of hydrogen-bond donors (Lipinski definition) is 1. The second kappa shape index (κ2) is 8.52. The number of para-hydroxylation sites is 1. The van der Waals surface area contributed by atoms with E-state index in [9.17, 15) is 4.79 Å². The van der Waals surface area contributed by atoms with E-state index in [1.54, 1.807) is 6.34 Å². The normalized spacial score (nSPS) is 15.5. The van der Waals surface area contributed by atoms with Crippen LogP contribution in [0, 0.1) is 0 Å². The lowest BCUT2D eigenvalue weighted by Crippen LogP contribution is -2.22. The Kier molecular flexibility index (Phi) is 5.89. The molecule has 0 saturated carbocycles. The van der Waals surface area contributed by atoms with E-state index in [-0.39, 0.29) is 18.4 Å². The first-order valence-corrected chi connectivity index (χ1v) is 9.07. The summed E-state index contributed by atoms with van der Waals surface area (Å²) in [6, 6.07) is 15.6. The van der Waals surface area contributed by atoms with Gasteiger partial charge in [0.05, 0.1) is 18.9 Å². The lowest BCUT2D eigenvalue weighted by Gasteiger charge is -2.21. The Morgan fingerprint density at radius 3 is 2.54 bits per heavy atom. The average molecular weight is 351 g/mol. The van der Waals surface area contributed by atoms with Gasteiger partial charge >= 0.3 is 0 Å². The minimum Gasteiger partial charge on any atom is -0.485 e. The van der Waals surface area contributed by atoms with Crippen LogP contribution in [0.15, 0.2) is 53.5 Å². The van der Waals surface area contributed by atoms with E-state index in [0.29, 0.717) is 12.1 Å². The quantitative estimate of drug-likeness (QED) is 0.740. The van der Waals surface area contributed by atoms with Crippen LogP contribution in [0.4, 0.5) is 5.69 Å². The van der Waals surface area contributed by atoms with Crippen molar-refractivity contribution in [2.45, 2.75) is 19.9 Å². The third-order valence-electron chi connectivity index (χ3n) is 4.63. The molecule has 3 rings (SSSR count). The SMILES string of the molecule is CCN(CC)c1ccc(C(=O)COc2ccccc2C2CN=CN2)cc1. The van der Waals surface area contributed by atoms with Crippen molar-refractivity contribution >= 4 is 17.8 Å². The molecule has 2 aromatic rings. The van der Waals surface area contributed by atoms with E-state index in [2.05, 4.69) is 29.1 Å². The van der Waals surface area contributed by atoms with Crippen molar-refractivity contribution in [2.24, 2.45) is 4.99 Å². The molecule has 136 valence electrons. The smallest absolute Gasteiger partial charge is 0.200 e. The predicted molar refractivity (Wildman–Crippen MR) is 106 cm³/mol. The number of carbonyl (C=O) groups excluding carboxylic acids is 1. The number of benzene rings is 2. The molecule has 1 unspecified atom stereocenters. The van der Waals surface area contributed by atoms with E-state index in [0.717, 1.165) is 30.1 Å². The number of hydrogen-bond acceptors (Lipinski definition) is 5. The van der Waals surface area contributed by atoms with Crippen molar-refractivity contribution in [1.82, 2.24) is 5.32 Å². The molecule has 1 aliphatic heterocycles. The van der Waals surface area contributed by atoms with Gasteiger partial charge < -0.3 is 15.0 Å². The Bertz CT molecular complexity index is 759. The molecule has 1 atom stereocenters. The molecule has 5 nitrogen and oxygen atoms in total. The second-order valence-corrected chi connectivity index (χ2v) is 6.18. The third-order valence-corrected chi connectivity index (χ3v) is 4.63. The Morgan fingerprint density at radius 2 is 1.88 bits per heavy atom. The van der Waals surface area contributed by atoms with Crippen molar-refractivity contribution < 1.29 is 9.53 Å². The predicted octanol–water partition coefficient (Wildman–Crippen LogP) is 3.47. The minimum absolute atomic E-state index is 0.0230. The van der Waals surface area contributed by atoms with Gasteiger partial charge in [0, 0.05) is 29.9 Å². The number of rotatable bonds is 8. The molecule has 1 heterocycles. The lowest BCUT2D eigenvalue weighted by molar-refractivity contribution is 0.0920. The number of nitrogens with zero attached hydrogens (tertiary/aromatic N) is 2. The zero-order valence-corrected chi connectivity index (χ0v) is 15.3. The molecule has 26 heavy (non-hydrogen) atoms. The number of aliphatic imine (C=N–C) groups is 1. The summed E-state index contributed by atoms with van der Waals surface area (Å²) in [5.41, 5.74) is 2.82. The summed E-state index contributed by atoms with van der Waals surface area (Å²) in [6.07, 6.45) is 1.71. The molecule has 0 radical (unpaired) electrons. The number of anilines is 1. The monoisotopic (exact) mass is 351 g/mol. The number of ether oxygens (including phenoxy) is 1. The van der Waals surface area contributed by atoms with Gasteiger partial charge in [0.2, 0.25) is 0 Å². The topological polar surface area (TPSA) is 53.9 Å². The highest BCUT2D eigenvalue weighted by Crippen LogP contribution is 2.26. The zero-order chi connectivity index (χ0) is 18.4. The summed E-state index contributed by atoms with van der Waals surface area (Å²) in [5.74, 6) is 0.699. The minimum atomic E-state index is -0.0264. The second-order valence-electron chi connectivity index (χ2n) is 6.18. The largest absolute Gasteiger partial charge is 0.485 e. The fourth-order valence-electron chi connectivity index (χ4n) is 3.12. The lowest BCUT2D eigenvalue weighted by atomic mass is 10.1. The van der Waals surface area contributed by atoms with Crippen molar-refractivity contribution in [3.8, 4) is 5.75 Å². The van der Waals surface area contributed by atoms with Crippen molar-refractivity contribution in [2.75, 3.05) is 31.1 Å². The van der Waals surface area contributed by atoms with E-state index >= 15 is 0 Å². The first-order chi connectivity index (χ1) is 12.7. The van der Waals surface area contributed by atoms with E-state index < -0.39 is 0 Å². The van der Waals surface area contributed by atoms with Crippen molar-refractivity contribution in [3.05, 3.63) is 59.7 Å². The van der Waals surface area contributed by atoms with Crippen LogP contribution < -0.4 is 15.0 Å². The molecule has 2 aromatic carbocycles. The van der Waals surface area contributed by atoms with Gasteiger partial charge in [-0.3, -0.25) is 9.79 Å². The van der Waals surface area contributed by atoms with Crippen LogP contribution in [0.25, 0.3) is 0 Å². The Balaban J connectivity index is 1.64. The Labute approximate surface area is 154 Å². The molecule has 1 N–H and O–H groups in total. The summed E-state index contributed by atoms with van der Waals surface area (Å²) in [5, 5.41) is 3.20. The Morgan fingerprint density at radius 1 is 1.15 bits per heavy atom. The molecule has 0 aromatic heterocycles. The standard InChI is InChI=1S/C21H25N3O2/c1-3-24(4-2)17-11-9-16(10-12-17)20(25)14-26-21-8-6-5-7-18(21)19-13-22-15-23-19/h5-12,15,19H,3-4,13-14H2,1-2H3,(H,22,23). The molecule has 0 spiro atoms. The summed E-state index contributed by atoms with van der Waals surface area (Å²) >= 11 is 0. The molecular formula is C21H25N3O2. The fraction of sp³-hybridized carbons (Fsp3) is 0.333. The number of nitrogens with one attached hydrogen (secondary N) is 1. The van der Waals surface area contributed by atoms with Gasteiger partial charge in [-0.2, -0.15) is 0 Å². The maximum atomic E-state index is 12.5. The van der Waals surface area contributed by atoms with Crippen LogP contribution in [0.3, 0.4) is 0 Å². The van der Waals surface area contributed by atoms with Gasteiger partial charge in [-0.15, -0.1) is 0 Å². The van der Waals surface area contributed by atoms with E-state index in [4.69, 9.17) is 4.74 Å². The maximum absolute atomic E-state index is 12.5. The number of ketones is 1. The zero-order valence-electron chi connectivity index (χ0n) is 15.3. The highest BCUT2D eigenvalue weighted by molar-refractivity contribution is 5.97. The first kappa shape index (κ1) is 18.0. The molecule has 1 aliphatic rings. The highest BCUT2D eigenvalue weighted by Gasteiger charge is 2.18. The van der Waals surface area contributed by atoms with E-state index in [1.807, 2.05) is 48.5 Å². The number of Topliss-reactive ketones (excluding diaryl/α,β-unsaturated/α-hetero) is 1. The van der Waals surface area contributed by atoms with Gasteiger partial charge in [-0.25, -0.2) is 0 Å². The van der Waals surface area contributed by atoms with Gasteiger partial charge in [-0.1, -0.05) is 18.2 Å². The van der Waals surface area contributed by atoms with Crippen molar-refractivity contribution in [3.63, 3.8) is 0 Å². The average Bonchev–Trinajstić information content (AvgIpc) is 3.22. The van der Waals surface area contributed by atoms with E-state index in [1.165, 1.54) is 0 Å². The highest BCUT2D eigenvalue weighted by atomic mass is 16.5. The molecule has 0 aliphatic carbocycles. The third kappa shape index (κ3) is 4.04. The summed E-state index contributed by atoms with van der Waals surface area (Å²) in [7, 11) is 0. The molecule has 0 bridgehead atoms. The summed E-state index contributed by atoms with van der Waals surface area (Å²) in [6.45, 7) is 6.84. The Hall–Kier alpha value is -2.82. The van der Waals surface area contributed by atoms with Gasteiger partial charge in [0.1, 0.15) is 5.75 Å². The molecule has 0 fully saturated rings. The van der Waals surface area contributed by atoms with Gasteiger partial charge in [-0.05, 0) is 44.2 Å². The maximum Gasteiger partial charge on any atom is 0.200 e. The molecule has 0 saturated heterocycles. The number of carbonyl (C=O) groups is 1. The summed E-state index contributed by atoms with van der Waals surface area (Å²) in [4.78, 5) is 18.9. The molecule has 0 amide bonds. The van der Waals surface area contributed by atoms with Crippen LogP contribution in [0.5, 0.6) is 5.75 Å². The van der Waals surface area contributed by atoms with Gasteiger partial charge in [0.15, 0.2) is 12.4 Å². The first-order valence-electron chi connectivity index (χ1n) is 9.07. The van der Waals surface area contributed by atoms with Crippen LogP contribution in [-0.2, 0) is 0 Å². The van der Waals surface area contributed by atoms with Crippen LogP contribution in [0.1, 0.15) is 35.8 Å². The van der Waals surface area contributed by atoms with Crippen LogP contribution in [-0.4, -0.2) is 38.4 Å².